The van der Waals surface area contributed by atoms with E-state index in [2.05, 4.69) is 59.8 Å². The van der Waals surface area contributed by atoms with E-state index in [0.29, 0.717) is 6.42 Å². The highest BCUT2D eigenvalue weighted by Crippen LogP contribution is 2.39. The molecule has 1 aromatic rings. The lowest BCUT2D eigenvalue weighted by Gasteiger charge is -2.37. The Labute approximate surface area is 143 Å². The first-order valence-corrected chi connectivity index (χ1v) is 11.7. The molecule has 0 heterocycles. The van der Waals surface area contributed by atoms with Gasteiger partial charge in [-0.25, -0.2) is 0 Å². The molecule has 0 saturated carbocycles. The van der Waals surface area contributed by atoms with Crippen molar-refractivity contribution in [2.45, 2.75) is 84.9 Å². The average Bonchev–Trinajstić information content (AvgIpc) is 2.41. The molecule has 0 aliphatic heterocycles. The van der Waals surface area contributed by atoms with Gasteiger partial charge in [0.2, 0.25) is 0 Å². The van der Waals surface area contributed by atoms with E-state index in [1.807, 2.05) is 0 Å². The first kappa shape index (κ1) is 20.0. The largest absolute Gasteiger partial charge is 0.543 e. The van der Waals surface area contributed by atoms with Gasteiger partial charge in [0.05, 0.1) is 0 Å². The highest BCUT2D eigenvalue weighted by Gasteiger charge is 2.39. The Morgan fingerprint density at radius 2 is 1.61 bits per heavy atom. The summed E-state index contributed by atoms with van der Waals surface area (Å²) in [5.41, 5.74) is 3.88. The zero-order valence-corrected chi connectivity index (χ0v) is 17.1. The van der Waals surface area contributed by atoms with Gasteiger partial charge in [0.1, 0.15) is 12.0 Å². The molecule has 0 aliphatic carbocycles. The fourth-order valence-corrected chi connectivity index (χ4v) is 3.63. The summed E-state index contributed by atoms with van der Waals surface area (Å²) >= 11 is 0. The summed E-state index contributed by atoms with van der Waals surface area (Å²) < 4.78 is 6.54. The van der Waals surface area contributed by atoms with Crippen molar-refractivity contribution in [2.75, 3.05) is 0 Å². The number of rotatable bonds is 8. The van der Waals surface area contributed by atoms with E-state index in [4.69, 9.17) is 4.43 Å². The van der Waals surface area contributed by atoms with E-state index >= 15 is 0 Å². The minimum Gasteiger partial charge on any atom is -0.543 e. The van der Waals surface area contributed by atoms with Crippen LogP contribution in [0.25, 0.3) is 0 Å². The van der Waals surface area contributed by atoms with Gasteiger partial charge in [-0.15, -0.1) is 0 Å². The molecule has 0 bridgehead atoms. The number of hydrogen-bond acceptors (Lipinski definition) is 2. The van der Waals surface area contributed by atoms with Gasteiger partial charge in [-0.3, -0.25) is 0 Å². The molecule has 0 amide bonds. The zero-order chi connectivity index (χ0) is 17.7. The standard InChI is InChI=1S/C20H34O2Si/c1-16-14-18(12-10-8-9-11-13-21)15-17(2)19(16)22-23(6,7)20(3,4)5/h13-15H,8-12H2,1-7H3. The van der Waals surface area contributed by atoms with Crippen LogP contribution in [0.3, 0.4) is 0 Å². The molecule has 0 atom stereocenters. The molecule has 0 saturated heterocycles. The summed E-state index contributed by atoms with van der Waals surface area (Å²) in [4.78, 5) is 10.3. The smallest absolute Gasteiger partial charge is 0.250 e. The number of unbranched alkanes of at least 4 members (excludes halogenated alkanes) is 3. The maximum atomic E-state index is 10.3. The Hall–Kier alpha value is -1.09. The Bertz CT molecular complexity index is 504. The minimum atomic E-state index is -1.80. The van der Waals surface area contributed by atoms with Gasteiger partial charge < -0.3 is 9.22 Å². The van der Waals surface area contributed by atoms with Crippen molar-refractivity contribution in [3.05, 3.63) is 28.8 Å². The predicted octanol–water partition coefficient (Wildman–Crippen LogP) is 5.99. The fraction of sp³-hybridized carbons (Fsp3) is 0.650. The van der Waals surface area contributed by atoms with Gasteiger partial charge in [0.15, 0.2) is 0 Å². The van der Waals surface area contributed by atoms with E-state index < -0.39 is 8.32 Å². The predicted molar refractivity (Wildman–Crippen MR) is 102 cm³/mol. The van der Waals surface area contributed by atoms with Crippen LogP contribution >= 0.6 is 0 Å². The van der Waals surface area contributed by atoms with Crippen LogP contribution in [-0.4, -0.2) is 14.6 Å². The summed E-state index contributed by atoms with van der Waals surface area (Å²) in [5, 5.41) is 0.211. The number of aldehydes is 1. The van der Waals surface area contributed by atoms with Gasteiger partial charge >= 0.3 is 0 Å². The van der Waals surface area contributed by atoms with Gasteiger partial charge in [-0.1, -0.05) is 39.3 Å². The molecule has 1 rings (SSSR count). The van der Waals surface area contributed by atoms with Crippen molar-refractivity contribution in [2.24, 2.45) is 0 Å². The molecule has 0 fully saturated rings. The monoisotopic (exact) mass is 334 g/mol. The quantitative estimate of drug-likeness (QED) is 0.331. The van der Waals surface area contributed by atoms with Crippen LogP contribution in [0.1, 0.15) is 63.1 Å². The molecule has 130 valence electrons. The van der Waals surface area contributed by atoms with Crippen LogP contribution in [0.2, 0.25) is 18.1 Å². The molecule has 23 heavy (non-hydrogen) atoms. The molecule has 0 aliphatic rings. The maximum Gasteiger partial charge on any atom is 0.250 e. The summed E-state index contributed by atoms with van der Waals surface area (Å²) in [6, 6.07) is 4.55. The van der Waals surface area contributed by atoms with E-state index in [9.17, 15) is 4.79 Å². The van der Waals surface area contributed by atoms with Crippen molar-refractivity contribution in [3.63, 3.8) is 0 Å². The van der Waals surface area contributed by atoms with Gasteiger partial charge in [0, 0.05) is 6.42 Å². The van der Waals surface area contributed by atoms with Crippen LogP contribution in [0.5, 0.6) is 5.75 Å². The number of hydrogen-bond donors (Lipinski definition) is 0. The number of carbonyl (C=O) groups excluding carboxylic acids is 1. The highest BCUT2D eigenvalue weighted by atomic mass is 28.4. The van der Waals surface area contributed by atoms with Crippen LogP contribution in [-0.2, 0) is 11.2 Å². The van der Waals surface area contributed by atoms with Crippen LogP contribution in [0.15, 0.2) is 12.1 Å². The maximum absolute atomic E-state index is 10.3. The Morgan fingerprint density at radius 1 is 1.04 bits per heavy atom. The van der Waals surface area contributed by atoms with E-state index in [-0.39, 0.29) is 5.04 Å². The van der Waals surface area contributed by atoms with Gasteiger partial charge in [0.25, 0.3) is 8.32 Å². The second-order valence-corrected chi connectivity index (χ2v) is 12.9. The molecule has 0 N–H and O–H groups in total. The van der Waals surface area contributed by atoms with E-state index in [0.717, 1.165) is 37.7 Å². The summed E-state index contributed by atoms with van der Waals surface area (Å²) in [6.45, 7) is 15.7. The third-order valence-corrected chi connectivity index (χ3v) is 9.30. The zero-order valence-electron chi connectivity index (χ0n) is 16.1. The average molecular weight is 335 g/mol. The van der Waals surface area contributed by atoms with Crippen LogP contribution < -0.4 is 4.43 Å². The lowest BCUT2D eigenvalue weighted by Crippen LogP contribution is -2.44. The Kier molecular flexibility index (Phi) is 7.06. The summed E-state index contributed by atoms with van der Waals surface area (Å²) in [5.74, 6) is 1.08. The molecule has 2 nitrogen and oxygen atoms in total. The molecular weight excluding hydrogens is 300 g/mol. The van der Waals surface area contributed by atoms with Crippen molar-refractivity contribution in [1.82, 2.24) is 0 Å². The van der Waals surface area contributed by atoms with E-state index in [1.165, 1.54) is 16.7 Å². The number of carbonyl (C=O) groups is 1. The third-order valence-electron chi connectivity index (χ3n) is 4.97. The van der Waals surface area contributed by atoms with Crippen molar-refractivity contribution in [3.8, 4) is 5.75 Å². The molecule has 0 unspecified atom stereocenters. The summed E-state index contributed by atoms with van der Waals surface area (Å²) in [6.07, 6.45) is 6.07. The van der Waals surface area contributed by atoms with E-state index in [1.54, 1.807) is 0 Å². The first-order chi connectivity index (χ1) is 10.6. The molecule has 0 aromatic heterocycles. The molecule has 0 spiro atoms. The number of benzene rings is 1. The van der Waals surface area contributed by atoms with Crippen molar-refractivity contribution < 1.29 is 9.22 Å². The lowest BCUT2D eigenvalue weighted by atomic mass is 10.0. The third kappa shape index (κ3) is 5.80. The SMILES string of the molecule is Cc1cc(CCCCCC=O)cc(C)c1O[Si](C)(C)C(C)(C)C. The second kappa shape index (κ2) is 8.14. The molecular formula is C20H34O2Si. The second-order valence-electron chi connectivity index (χ2n) is 8.19. The normalized spacial score (nSPS) is 12.3. The van der Waals surface area contributed by atoms with Crippen LogP contribution in [0, 0.1) is 13.8 Å². The van der Waals surface area contributed by atoms with Crippen LogP contribution in [0.4, 0.5) is 0 Å². The Morgan fingerprint density at radius 3 is 2.09 bits per heavy atom. The Balaban J connectivity index is 2.80. The molecule has 3 heteroatoms. The molecule has 0 radical (unpaired) electrons. The van der Waals surface area contributed by atoms with Gasteiger partial charge in [-0.2, -0.15) is 0 Å². The first-order valence-electron chi connectivity index (χ1n) is 8.81. The summed E-state index contributed by atoms with van der Waals surface area (Å²) in [7, 11) is -1.80. The van der Waals surface area contributed by atoms with Crippen molar-refractivity contribution >= 4 is 14.6 Å². The topological polar surface area (TPSA) is 26.3 Å². The molecule has 1 aromatic carbocycles. The fourth-order valence-electron chi connectivity index (χ4n) is 2.49. The minimum absolute atomic E-state index is 0.211. The number of aryl methyl sites for hydroxylation is 3. The van der Waals surface area contributed by atoms with Crippen molar-refractivity contribution in [1.29, 1.82) is 0 Å². The highest BCUT2D eigenvalue weighted by molar-refractivity contribution is 6.74. The lowest BCUT2D eigenvalue weighted by molar-refractivity contribution is -0.107. The van der Waals surface area contributed by atoms with Gasteiger partial charge in [-0.05, 0) is 67.9 Å².